The molecular formula is C17H20O2. The Bertz CT molecular complexity index is 544. The minimum Gasteiger partial charge on any atom is -0.508 e. The Kier molecular flexibility index (Phi) is 4.23. The van der Waals surface area contributed by atoms with Crippen LogP contribution in [0, 0.1) is 13.8 Å². The molecule has 0 aliphatic carbocycles. The minimum atomic E-state index is -0.397. The fraction of sp³-hybridized carbons (Fsp3) is 0.294. The predicted molar refractivity (Wildman–Crippen MR) is 77.4 cm³/mol. The number of hydrogen-bond acceptors (Lipinski definition) is 2. The molecule has 1 atom stereocenters. The van der Waals surface area contributed by atoms with Gasteiger partial charge in [0.15, 0.2) is 0 Å². The van der Waals surface area contributed by atoms with Crippen molar-refractivity contribution >= 4 is 0 Å². The van der Waals surface area contributed by atoms with Crippen molar-refractivity contribution in [2.75, 3.05) is 0 Å². The molecule has 19 heavy (non-hydrogen) atoms. The molecule has 0 saturated carbocycles. The third-order valence-electron chi connectivity index (χ3n) is 3.45. The summed E-state index contributed by atoms with van der Waals surface area (Å²) in [6, 6.07) is 13.3. The zero-order valence-corrected chi connectivity index (χ0v) is 11.4. The van der Waals surface area contributed by atoms with Gasteiger partial charge in [0.1, 0.15) is 5.75 Å². The standard InChI is InChI=1S/C17H20O2/c1-12-3-4-15(9-13(12)2)11-17(19)10-14-5-7-16(18)8-6-14/h3-9,17-19H,10-11H2,1-2H3. The fourth-order valence-corrected chi connectivity index (χ4v) is 2.18. The molecule has 0 bridgehead atoms. The molecule has 2 aromatic carbocycles. The van der Waals surface area contributed by atoms with Crippen LogP contribution in [0.1, 0.15) is 22.3 Å². The normalized spacial score (nSPS) is 12.4. The van der Waals surface area contributed by atoms with E-state index in [9.17, 15) is 10.2 Å². The van der Waals surface area contributed by atoms with E-state index in [2.05, 4.69) is 32.0 Å². The number of aliphatic hydroxyl groups excluding tert-OH is 1. The topological polar surface area (TPSA) is 40.5 Å². The van der Waals surface area contributed by atoms with Gasteiger partial charge in [0.2, 0.25) is 0 Å². The SMILES string of the molecule is Cc1ccc(CC(O)Cc2ccc(O)cc2)cc1C. The van der Waals surface area contributed by atoms with E-state index in [1.54, 1.807) is 12.1 Å². The Morgan fingerprint density at radius 3 is 2.05 bits per heavy atom. The van der Waals surface area contributed by atoms with Gasteiger partial charge in [-0.3, -0.25) is 0 Å². The first kappa shape index (κ1) is 13.6. The summed E-state index contributed by atoms with van der Waals surface area (Å²) >= 11 is 0. The van der Waals surface area contributed by atoms with Crippen LogP contribution in [0.25, 0.3) is 0 Å². The molecule has 100 valence electrons. The molecular weight excluding hydrogens is 236 g/mol. The number of hydrogen-bond donors (Lipinski definition) is 2. The largest absolute Gasteiger partial charge is 0.508 e. The van der Waals surface area contributed by atoms with Crippen molar-refractivity contribution in [2.24, 2.45) is 0 Å². The third kappa shape index (κ3) is 3.83. The van der Waals surface area contributed by atoms with E-state index in [4.69, 9.17) is 0 Å². The van der Waals surface area contributed by atoms with E-state index in [1.807, 2.05) is 12.1 Å². The second kappa shape index (κ2) is 5.89. The highest BCUT2D eigenvalue weighted by Crippen LogP contribution is 2.15. The number of phenols is 1. The summed E-state index contributed by atoms with van der Waals surface area (Å²) in [6.07, 6.45) is 0.863. The van der Waals surface area contributed by atoms with Crippen LogP contribution < -0.4 is 0 Å². The second-order valence-electron chi connectivity index (χ2n) is 5.15. The van der Waals surface area contributed by atoms with Crippen LogP contribution >= 0.6 is 0 Å². The third-order valence-corrected chi connectivity index (χ3v) is 3.45. The highest BCUT2D eigenvalue weighted by Gasteiger charge is 2.07. The molecule has 0 saturated heterocycles. The number of aliphatic hydroxyl groups is 1. The van der Waals surface area contributed by atoms with Crippen molar-refractivity contribution in [2.45, 2.75) is 32.8 Å². The first-order chi connectivity index (χ1) is 9.04. The molecule has 0 heterocycles. The lowest BCUT2D eigenvalue weighted by molar-refractivity contribution is 0.175. The maximum absolute atomic E-state index is 10.1. The molecule has 0 amide bonds. The van der Waals surface area contributed by atoms with Crippen molar-refractivity contribution in [1.29, 1.82) is 0 Å². The van der Waals surface area contributed by atoms with Gasteiger partial charge < -0.3 is 10.2 Å². The first-order valence-electron chi connectivity index (χ1n) is 6.56. The Morgan fingerprint density at radius 2 is 1.42 bits per heavy atom. The van der Waals surface area contributed by atoms with Crippen molar-refractivity contribution in [3.63, 3.8) is 0 Å². The van der Waals surface area contributed by atoms with Crippen LogP contribution in [0.3, 0.4) is 0 Å². The van der Waals surface area contributed by atoms with Gasteiger partial charge in [-0.1, -0.05) is 30.3 Å². The van der Waals surface area contributed by atoms with Gasteiger partial charge in [0.25, 0.3) is 0 Å². The summed E-state index contributed by atoms with van der Waals surface area (Å²) in [5.74, 6) is 0.257. The lowest BCUT2D eigenvalue weighted by atomic mass is 9.98. The number of aromatic hydroxyl groups is 1. The summed E-state index contributed by atoms with van der Waals surface area (Å²) in [6.45, 7) is 4.18. The Hall–Kier alpha value is -1.80. The monoisotopic (exact) mass is 256 g/mol. The van der Waals surface area contributed by atoms with Gasteiger partial charge >= 0.3 is 0 Å². The van der Waals surface area contributed by atoms with E-state index in [0.717, 1.165) is 11.1 Å². The van der Waals surface area contributed by atoms with E-state index in [-0.39, 0.29) is 5.75 Å². The van der Waals surface area contributed by atoms with Gasteiger partial charge in [-0.25, -0.2) is 0 Å². The smallest absolute Gasteiger partial charge is 0.115 e. The summed E-state index contributed by atoms with van der Waals surface area (Å²) in [5.41, 5.74) is 4.73. The Morgan fingerprint density at radius 1 is 0.842 bits per heavy atom. The van der Waals surface area contributed by atoms with Gasteiger partial charge in [-0.2, -0.15) is 0 Å². The van der Waals surface area contributed by atoms with E-state index in [1.165, 1.54) is 11.1 Å². The maximum atomic E-state index is 10.1. The minimum absolute atomic E-state index is 0.257. The molecule has 1 unspecified atom stereocenters. The molecule has 2 N–H and O–H groups in total. The van der Waals surface area contributed by atoms with Crippen molar-refractivity contribution in [1.82, 2.24) is 0 Å². The fourth-order valence-electron chi connectivity index (χ4n) is 2.18. The van der Waals surface area contributed by atoms with E-state index >= 15 is 0 Å². The number of rotatable bonds is 4. The van der Waals surface area contributed by atoms with Crippen LogP contribution in [0.4, 0.5) is 0 Å². The van der Waals surface area contributed by atoms with Crippen molar-refractivity contribution in [3.8, 4) is 5.75 Å². The van der Waals surface area contributed by atoms with Crippen molar-refractivity contribution < 1.29 is 10.2 Å². The highest BCUT2D eigenvalue weighted by atomic mass is 16.3. The van der Waals surface area contributed by atoms with E-state index in [0.29, 0.717) is 12.8 Å². The van der Waals surface area contributed by atoms with E-state index < -0.39 is 6.10 Å². The van der Waals surface area contributed by atoms with Gasteiger partial charge in [-0.15, -0.1) is 0 Å². The maximum Gasteiger partial charge on any atom is 0.115 e. The molecule has 0 radical (unpaired) electrons. The number of phenolic OH excluding ortho intramolecular Hbond substituents is 1. The zero-order chi connectivity index (χ0) is 13.8. The summed E-state index contributed by atoms with van der Waals surface area (Å²) in [5, 5.41) is 19.3. The summed E-state index contributed by atoms with van der Waals surface area (Å²) < 4.78 is 0. The average Bonchev–Trinajstić information content (AvgIpc) is 2.37. The van der Waals surface area contributed by atoms with Crippen LogP contribution in [-0.4, -0.2) is 16.3 Å². The molecule has 2 rings (SSSR count). The molecule has 0 aromatic heterocycles. The molecule has 0 aliphatic heterocycles. The molecule has 2 nitrogen and oxygen atoms in total. The number of benzene rings is 2. The predicted octanol–water partition coefficient (Wildman–Crippen LogP) is 3.16. The lowest BCUT2D eigenvalue weighted by Crippen LogP contribution is -2.14. The molecule has 2 aromatic rings. The number of aryl methyl sites for hydroxylation is 2. The highest BCUT2D eigenvalue weighted by molar-refractivity contribution is 5.31. The average molecular weight is 256 g/mol. The van der Waals surface area contributed by atoms with Crippen LogP contribution in [0.5, 0.6) is 5.75 Å². The Labute approximate surface area is 114 Å². The first-order valence-corrected chi connectivity index (χ1v) is 6.56. The quantitative estimate of drug-likeness (QED) is 0.882. The second-order valence-corrected chi connectivity index (χ2v) is 5.15. The summed E-state index contributed by atoms with van der Waals surface area (Å²) in [7, 11) is 0. The van der Waals surface area contributed by atoms with Gasteiger partial charge in [-0.05, 0) is 61.1 Å². The molecule has 0 aliphatic rings. The zero-order valence-electron chi connectivity index (χ0n) is 11.4. The van der Waals surface area contributed by atoms with Gasteiger partial charge in [0, 0.05) is 0 Å². The Balaban J connectivity index is 1.98. The van der Waals surface area contributed by atoms with Crippen LogP contribution in [0.15, 0.2) is 42.5 Å². The van der Waals surface area contributed by atoms with Gasteiger partial charge in [0.05, 0.1) is 6.10 Å². The summed E-state index contributed by atoms with van der Waals surface area (Å²) in [4.78, 5) is 0. The van der Waals surface area contributed by atoms with Crippen LogP contribution in [-0.2, 0) is 12.8 Å². The molecule has 0 spiro atoms. The van der Waals surface area contributed by atoms with Crippen LogP contribution in [0.2, 0.25) is 0 Å². The molecule has 2 heteroatoms. The molecule has 0 fully saturated rings. The van der Waals surface area contributed by atoms with Crippen molar-refractivity contribution in [3.05, 3.63) is 64.7 Å². The lowest BCUT2D eigenvalue weighted by Gasteiger charge is -2.12.